The van der Waals surface area contributed by atoms with Crippen molar-refractivity contribution in [1.29, 1.82) is 0 Å². The number of aromatic nitrogens is 2. The SMILES string of the molecule is C=CCOc1ccc(C2C(C(=O)c3cc4cccc(OC)c4o3)=C(O)C(=O)N2c2nnc(SCc3ccc(F)cc3)s2)cc1. The maximum Gasteiger partial charge on any atom is 0.296 e. The lowest BCUT2D eigenvalue weighted by molar-refractivity contribution is -0.117. The summed E-state index contributed by atoms with van der Waals surface area (Å²) in [4.78, 5) is 28.9. The van der Waals surface area contributed by atoms with Crippen LogP contribution in [0.15, 0.2) is 106 Å². The van der Waals surface area contributed by atoms with E-state index in [2.05, 4.69) is 16.8 Å². The average Bonchev–Trinajstić information content (AvgIpc) is 3.76. The van der Waals surface area contributed by atoms with Crippen LogP contribution in [-0.2, 0) is 10.5 Å². The van der Waals surface area contributed by atoms with E-state index < -0.39 is 23.5 Å². The van der Waals surface area contributed by atoms with Crippen molar-refractivity contribution in [1.82, 2.24) is 10.2 Å². The third kappa shape index (κ3) is 5.56. The minimum absolute atomic E-state index is 0.0653. The highest BCUT2D eigenvalue weighted by atomic mass is 32.2. The van der Waals surface area contributed by atoms with E-state index in [1.807, 2.05) is 0 Å². The normalized spacial score (nSPS) is 14.8. The van der Waals surface area contributed by atoms with Crippen molar-refractivity contribution < 1.29 is 33.0 Å². The van der Waals surface area contributed by atoms with E-state index >= 15 is 0 Å². The standard InChI is InChI=1S/C32H24FN3O6S2/c1-3-15-41-22-13-9-19(10-14-22)26-25(27(37)24-16-20-5-4-6-23(40-2)29(20)42-24)28(38)30(39)36(26)31-34-35-32(44-31)43-17-18-7-11-21(33)12-8-18/h3-14,16,26,38H,1,15,17H2,2H3. The van der Waals surface area contributed by atoms with Crippen molar-refractivity contribution in [2.75, 3.05) is 18.6 Å². The largest absolute Gasteiger partial charge is 0.503 e. The number of amides is 1. The van der Waals surface area contributed by atoms with Crippen molar-refractivity contribution in [3.63, 3.8) is 0 Å². The van der Waals surface area contributed by atoms with Crippen molar-refractivity contribution in [2.24, 2.45) is 0 Å². The molecule has 0 fully saturated rings. The number of thioether (sulfide) groups is 1. The molecule has 1 unspecified atom stereocenters. The maximum absolute atomic E-state index is 14.0. The van der Waals surface area contributed by atoms with Crippen LogP contribution >= 0.6 is 23.1 Å². The summed E-state index contributed by atoms with van der Waals surface area (Å²) in [6, 6.07) is 18.7. The fraction of sp³-hybridized carbons (Fsp3) is 0.125. The quantitative estimate of drug-likeness (QED) is 0.0709. The summed E-state index contributed by atoms with van der Waals surface area (Å²) in [5.41, 5.74) is 1.62. The Morgan fingerprint density at radius 3 is 2.66 bits per heavy atom. The van der Waals surface area contributed by atoms with Gasteiger partial charge in [0.1, 0.15) is 18.2 Å². The molecule has 1 N–H and O–H groups in total. The monoisotopic (exact) mass is 629 g/mol. The molecular formula is C32H24FN3O6S2. The van der Waals surface area contributed by atoms with Gasteiger partial charge >= 0.3 is 0 Å². The highest BCUT2D eigenvalue weighted by Gasteiger charge is 2.47. The maximum atomic E-state index is 14.0. The number of anilines is 1. The molecule has 1 aliphatic heterocycles. The second-order valence-corrected chi connectivity index (χ2v) is 11.8. The minimum atomic E-state index is -1.04. The van der Waals surface area contributed by atoms with Gasteiger partial charge in [-0.2, -0.15) is 0 Å². The number of ether oxygens (including phenoxy) is 2. The number of Topliss-reactive ketones (excluding diaryl/α,β-unsaturated/α-hetero) is 1. The molecule has 0 spiro atoms. The summed E-state index contributed by atoms with van der Waals surface area (Å²) in [5, 5.41) is 20.4. The Kier molecular flexibility index (Phi) is 8.18. The number of hydrogen-bond acceptors (Lipinski definition) is 10. The summed E-state index contributed by atoms with van der Waals surface area (Å²) >= 11 is 2.50. The zero-order valence-corrected chi connectivity index (χ0v) is 24.9. The molecule has 3 heterocycles. The lowest BCUT2D eigenvalue weighted by Crippen LogP contribution is -2.31. The van der Waals surface area contributed by atoms with Crippen LogP contribution in [0.2, 0.25) is 0 Å². The van der Waals surface area contributed by atoms with Crippen LogP contribution in [0.1, 0.15) is 27.7 Å². The average molecular weight is 630 g/mol. The van der Waals surface area contributed by atoms with Crippen LogP contribution < -0.4 is 14.4 Å². The number of furan rings is 1. The summed E-state index contributed by atoms with van der Waals surface area (Å²) < 4.78 is 30.7. The Labute approximate surface area is 259 Å². The molecule has 2 aromatic heterocycles. The van der Waals surface area contributed by atoms with Gasteiger partial charge in [0.05, 0.1) is 18.7 Å². The number of hydrogen-bond donors (Lipinski definition) is 1. The lowest BCUT2D eigenvalue weighted by Gasteiger charge is -2.24. The van der Waals surface area contributed by atoms with Gasteiger partial charge in [0.25, 0.3) is 5.91 Å². The highest BCUT2D eigenvalue weighted by Crippen LogP contribution is 2.44. The van der Waals surface area contributed by atoms with Gasteiger partial charge in [0, 0.05) is 11.1 Å². The Bertz CT molecular complexity index is 1900. The first-order valence-electron chi connectivity index (χ1n) is 13.3. The summed E-state index contributed by atoms with van der Waals surface area (Å²) in [7, 11) is 1.49. The van der Waals surface area contributed by atoms with Crippen molar-refractivity contribution in [3.8, 4) is 11.5 Å². The second-order valence-electron chi connectivity index (χ2n) is 9.59. The first-order valence-corrected chi connectivity index (χ1v) is 15.1. The topological polar surface area (TPSA) is 115 Å². The number of ketones is 1. The molecule has 0 saturated carbocycles. The molecule has 5 aromatic rings. The first-order chi connectivity index (χ1) is 21.4. The molecule has 6 rings (SSSR count). The minimum Gasteiger partial charge on any atom is -0.503 e. The van der Waals surface area contributed by atoms with E-state index in [0.717, 1.165) is 16.9 Å². The van der Waals surface area contributed by atoms with E-state index in [-0.39, 0.29) is 22.3 Å². The van der Waals surface area contributed by atoms with Crippen LogP contribution in [0.3, 0.4) is 0 Å². The van der Waals surface area contributed by atoms with Gasteiger partial charge < -0.3 is 19.0 Å². The molecule has 1 aliphatic rings. The van der Waals surface area contributed by atoms with E-state index in [0.29, 0.717) is 44.7 Å². The number of aliphatic hydroxyl groups is 1. The molecule has 1 atom stereocenters. The summed E-state index contributed by atoms with van der Waals surface area (Å²) in [6.07, 6.45) is 1.62. The first kappa shape index (κ1) is 29.1. The molecule has 0 bridgehead atoms. The molecular weight excluding hydrogens is 605 g/mol. The van der Waals surface area contributed by atoms with Crippen LogP contribution in [0, 0.1) is 5.82 Å². The zero-order valence-electron chi connectivity index (χ0n) is 23.2. The molecule has 0 aliphatic carbocycles. The number of rotatable bonds is 11. The molecule has 0 saturated heterocycles. The zero-order chi connectivity index (χ0) is 30.8. The highest BCUT2D eigenvalue weighted by molar-refractivity contribution is 8.00. The van der Waals surface area contributed by atoms with Crippen LogP contribution in [0.25, 0.3) is 11.0 Å². The molecule has 0 radical (unpaired) electrons. The number of carbonyl (C=O) groups excluding carboxylic acids is 2. The Morgan fingerprint density at radius 1 is 1.16 bits per heavy atom. The van der Waals surface area contributed by atoms with Gasteiger partial charge in [-0.1, -0.05) is 72.2 Å². The number of methoxy groups -OCH3 is 1. The van der Waals surface area contributed by atoms with Crippen molar-refractivity contribution in [2.45, 2.75) is 16.1 Å². The summed E-state index contributed by atoms with van der Waals surface area (Å²) in [5.74, 6) is -1.06. The number of carbonyl (C=O) groups is 2. The molecule has 12 heteroatoms. The van der Waals surface area contributed by atoms with Gasteiger partial charge in [0.15, 0.2) is 27.2 Å². The third-order valence-corrected chi connectivity index (χ3v) is 8.97. The molecule has 3 aromatic carbocycles. The Hall–Kier alpha value is -4.94. The van der Waals surface area contributed by atoms with Crippen LogP contribution in [-0.4, -0.2) is 40.7 Å². The van der Waals surface area contributed by atoms with Gasteiger partial charge in [0.2, 0.25) is 10.9 Å². The number of benzene rings is 3. The predicted octanol–water partition coefficient (Wildman–Crippen LogP) is 7.07. The predicted molar refractivity (Wildman–Crippen MR) is 165 cm³/mol. The second kappa shape index (κ2) is 12.3. The molecule has 44 heavy (non-hydrogen) atoms. The van der Waals surface area contributed by atoms with Gasteiger partial charge in [-0.15, -0.1) is 10.2 Å². The van der Waals surface area contributed by atoms with Gasteiger partial charge in [-0.05, 0) is 47.5 Å². The number of aliphatic hydroxyl groups excluding tert-OH is 1. The number of nitrogens with zero attached hydrogens (tertiary/aromatic N) is 3. The molecule has 1 amide bonds. The van der Waals surface area contributed by atoms with E-state index in [1.54, 1.807) is 66.7 Å². The van der Waals surface area contributed by atoms with Crippen molar-refractivity contribution in [3.05, 3.63) is 119 Å². The van der Waals surface area contributed by atoms with E-state index in [9.17, 15) is 19.1 Å². The lowest BCUT2D eigenvalue weighted by atomic mass is 9.95. The Balaban J connectivity index is 1.36. The number of fused-ring (bicyclic) bond motifs is 1. The molecule has 9 nitrogen and oxygen atoms in total. The van der Waals surface area contributed by atoms with Crippen LogP contribution in [0.4, 0.5) is 9.52 Å². The van der Waals surface area contributed by atoms with E-state index in [4.69, 9.17) is 13.9 Å². The van der Waals surface area contributed by atoms with Crippen LogP contribution in [0.5, 0.6) is 11.5 Å². The molecule has 222 valence electrons. The number of para-hydroxylation sites is 1. The van der Waals surface area contributed by atoms with E-state index in [1.165, 1.54) is 35.9 Å². The Morgan fingerprint density at radius 2 is 1.93 bits per heavy atom. The smallest absolute Gasteiger partial charge is 0.296 e. The third-order valence-electron chi connectivity index (χ3n) is 6.85. The fourth-order valence-corrected chi connectivity index (χ4v) is 6.60. The number of halogens is 1. The van der Waals surface area contributed by atoms with Crippen molar-refractivity contribution >= 4 is 50.9 Å². The summed E-state index contributed by atoms with van der Waals surface area (Å²) in [6.45, 7) is 3.95. The van der Waals surface area contributed by atoms with Gasteiger partial charge in [-0.25, -0.2) is 4.39 Å². The van der Waals surface area contributed by atoms with Gasteiger partial charge in [-0.3, -0.25) is 14.5 Å². The fourth-order valence-electron chi connectivity index (χ4n) is 4.78.